The summed E-state index contributed by atoms with van der Waals surface area (Å²) < 4.78 is 15.9. The molecule has 0 aliphatic carbocycles. The van der Waals surface area contributed by atoms with E-state index in [1.54, 1.807) is 25.1 Å². The minimum atomic E-state index is -0.869. The van der Waals surface area contributed by atoms with Crippen molar-refractivity contribution in [2.24, 2.45) is 0 Å². The van der Waals surface area contributed by atoms with Gasteiger partial charge in [-0.05, 0) is 36.8 Å². The first-order valence-electron chi connectivity index (χ1n) is 9.84. The molecule has 1 saturated heterocycles. The predicted octanol–water partition coefficient (Wildman–Crippen LogP) is 3.86. The molecule has 0 saturated carbocycles. The Morgan fingerprint density at radius 2 is 1.97 bits per heavy atom. The summed E-state index contributed by atoms with van der Waals surface area (Å²) >= 11 is 6.19. The maximum atomic E-state index is 12.8. The Morgan fingerprint density at radius 3 is 2.69 bits per heavy atom. The van der Waals surface area contributed by atoms with Gasteiger partial charge in [0.25, 0.3) is 5.69 Å². The summed E-state index contributed by atoms with van der Waals surface area (Å²) in [4.78, 5) is 37.6. The quantitative estimate of drug-likeness (QED) is 0.245. The van der Waals surface area contributed by atoms with E-state index in [0.717, 1.165) is 5.56 Å². The Labute approximate surface area is 187 Å². The molecule has 3 aromatic rings. The number of benzene rings is 2. The number of nitro benzene ring substituents is 1. The minimum absolute atomic E-state index is 0.167. The zero-order valence-corrected chi connectivity index (χ0v) is 17.9. The summed E-state index contributed by atoms with van der Waals surface area (Å²) in [6.45, 7) is 3.77. The number of carbonyl (C=O) groups excluding carboxylic acids is 1. The second-order valence-corrected chi connectivity index (χ2v) is 7.73. The molecule has 1 aliphatic heterocycles. The van der Waals surface area contributed by atoms with E-state index in [1.165, 1.54) is 18.2 Å². The standard InChI is InChI=1S/C22H19ClN2O7/c1-13-8-20-16(11-18(13)23)14(9-21(26)32-20)12-31-22(27)17-10-15(2-3-19(17)25(28)29)24-4-6-30-7-5-24/h2-3,8-11H,4-7,12H2,1H3. The lowest BCUT2D eigenvalue weighted by molar-refractivity contribution is -0.385. The number of halogens is 1. The van der Waals surface area contributed by atoms with Gasteiger partial charge in [-0.1, -0.05) is 11.6 Å². The summed E-state index contributed by atoms with van der Waals surface area (Å²) in [7, 11) is 0. The first kappa shape index (κ1) is 21.8. The molecule has 32 heavy (non-hydrogen) atoms. The van der Waals surface area contributed by atoms with Gasteiger partial charge in [0.05, 0.1) is 18.1 Å². The average Bonchev–Trinajstić information content (AvgIpc) is 2.78. The number of anilines is 1. The van der Waals surface area contributed by atoms with Crippen molar-refractivity contribution in [1.82, 2.24) is 0 Å². The molecule has 1 aliphatic rings. The number of hydrogen-bond donors (Lipinski definition) is 0. The first-order chi connectivity index (χ1) is 15.3. The van der Waals surface area contributed by atoms with Gasteiger partial charge < -0.3 is 18.8 Å². The topological polar surface area (TPSA) is 112 Å². The zero-order chi connectivity index (χ0) is 22.8. The van der Waals surface area contributed by atoms with Crippen LogP contribution in [0.3, 0.4) is 0 Å². The second kappa shape index (κ2) is 8.97. The fraction of sp³-hybridized carbons (Fsp3) is 0.273. The Balaban J connectivity index is 1.63. The van der Waals surface area contributed by atoms with Crippen LogP contribution in [0.15, 0.2) is 45.6 Å². The van der Waals surface area contributed by atoms with Crippen LogP contribution in [0, 0.1) is 17.0 Å². The largest absolute Gasteiger partial charge is 0.457 e. The molecule has 0 atom stereocenters. The first-order valence-corrected chi connectivity index (χ1v) is 10.2. The number of fused-ring (bicyclic) bond motifs is 1. The van der Waals surface area contributed by atoms with E-state index < -0.39 is 16.5 Å². The van der Waals surface area contributed by atoms with Gasteiger partial charge in [0.1, 0.15) is 17.8 Å². The molecule has 0 unspecified atom stereocenters. The van der Waals surface area contributed by atoms with Crippen molar-refractivity contribution in [3.05, 3.63) is 78.6 Å². The molecule has 0 amide bonds. The lowest BCUT2D eigenvalue weighted by Gasteiger charge is -2.29. The van der Waals surface area contributed by atoms with Crippen molar-refractivity contribution in [3.8, 4) is 0 Å². The summed E-state index contributed by atoms with van der Waals surface area (Å²) in [5.41, 5.74) is 0.962. The van der Waals surface area contributed by atoms with Crippen LogP contribution in [0.1, 0.15) is 21.5 Å². The van der Waals surface area contributed by atoms with Gasteiger partial charge in [0.15, 0.2) is 0 Å². The highest BCUT2D eigenvalue weighted by Gasteiger charge is 2.24. The molecule has 9 nitrogen and oxygen atoms in total. The Morgan fingerprint density at radius 1 is 1.22 bits per heavy atom. The summed E-state index contributed by atoms with van der Waals surface area (Å²) in [5.74, 6) is -0.869. The lowest BCUT2D eigenvalue weighted by atomic mass is 10.1. The lowest BCUT2D eigenvalue weighted by Crippen LogP contribution is -2.36. The number of morpholine rings is 1. The van der Waals surface area contributed by atoms with E-state index in [9.17, 15) is 19.7 Å². The molecule has 0 radical (unpaired) electrons. The third kappa shape index (κ3) is 4.44. The van der Waals surface area contributed by atoms with Crippen molar-refractivity contribution in [3.63, 3.8) is 0 Å². The second-order valence-electron chi connectivity index (χ2n) is 7.32. The van der Waals surface area contributed by atoms with E-state index in [2.05, 4.69) is 0 Å². The molecule has 1 aromatic heterocycles. The van der Waals surface area contributed by atoms with Crippen LogP contribution in [0.5, 0.6) is 0 Å². The van der Waals surface area contributed by atoms with Crippen molar-refractivity contribution >= 4 is 39.9 Å². The van der Waals surface area contributed by atoms with Crippen LogP contribution in [0.25, 0.3) is 11.0 Å². The van der Waals surface area contributed by atoms with Crippen LogP contribution < -0.4 is 10.5 Å². The molecule has 166 valence electrons. The van der Waals surface area contributed by atoms with Crippen LogP contribution in [0.2, 0.25) is 5.02 Å². The van der Waals surface area contributed by atoms with Gasteiger partial charge in [-0.15, -0.1) is 0 Å². The number of hydrogen-bond acceptors (Lipinski definition) is 8. The van der Waals surface area contributed by atoms with E-state index in [0.29, 0.717) is 53.5 Å². The predicted molar refractivity (Wildman–Crippen MR) is 117 cm³/mol. The molecule has 1 fully saturated rings. The molecule has 0 bridgehead atoms. The number of esters is 1. The van der Waals surface area contributed by atoms with Crippen molar-refractivity contribution < 1.29 is 23.6 Å². The van der Waals surface area contributed by atoms with Crippen LogP contribution in [-0.2, 0) is 16.1 Å². The molecule has 2 aromatic carbocycles. The third-order valence-electron chi connectivity index (χ3n) is 5.24. The van der Waals surface area contributed by atoms with Gasteiger partial charge in [0.2, 0.25) is 0 Å². The van der Waals surface area contributed by atoms with Gasteiger partial charge in [-0.25, -0.2) is 9.59 Å². The number of nitro groups is 1. The number of carbonyl (C=O) groups is 1. The molecule has 2 heterocycles. The highest BCUT2D eigenvalue weighted by atomic mass is 35.5. The minimum Gasteiger partial charge on any atom is -0.457 e. The third-order valence-corrected chi connectivity index (χ3v) is 5.65. The number of nitrogens with zero attached hydrogens (tertiary/aromatic N) is 2. The molecular formula is C22H19ClN2O7. The van der Waals surface area contributed by atoms with Crippen molar-refractivity contribution in [2.75, 3.05) is 31.2 Å². The Bertz CT molecular complexity index is 1270. The van der Waals surface area contributed by atoms with Crippen LogP contribution >= 0.6 is 11.6 Å². The monoisotopic (exact) mass is 458 g/mol. The Kier molecular flexibility index (Phi) is 6.11. The number of ether oxygens (including phenoxy) is 2. The van der Waals surface area contributed by atoms with Crippen LogP contribution in [-0.4, -0.2) is 37.2 Å². The maximum Gasteiger partial charge on any atom is 0.345 e. The fourth-order valence-corrected chi connectivity index (χ4v) is 3.72. The highest BCUT2D eigenvalue weighted by Crippen LogP contribution is 2.28. The number of rotatable bonds is 5. The smallest absolute Gasteiger partial charge is 0.345 e. The summed E-state index contributed by atoms with van der Waals surface area (Å²) in [6, 6.07) is 8.79. The normalized spacial score (nSPS) is 13.9. The van der Waals surface area contributed by atoms with Gasteiger partial charge >= 0.3 is 11.6 Å². The molecular weight excluding hydrogens is 440 g/mol. The van der Waals surface area contributed by atoms with E-state index in [4.69, 9.17) is 25.5 Å². The van der Waals surface area contributed by atoms with E-state index in [-0.39, 0.29) is 17.9 Å². The number of aryl methyl sites for hydroxylation is 1. The van der Waals surface area contributed by atoms with Gasteiger partial charge in [-0.2, -0.15) is 0 Å². The van der Waals surface area contributed by atoms with Crippen molar-refractivity contribution in [1.29, 1.82) is 0 Å². The summed E-state index contributed by atoms with van der Waals surface area (Å²) in [5, 5.41) is 12.5. The van der Waals surface area contributed by atoms with E-state index in [1.807, 2.05) is 4.90 Å². The van der Waals surface area contributed by atoms with Gasteiger partial charge in [-0.3, -0.25) is 10.1 Å². The molecule has 10 heteroatoms. The van der Waals surface area contributed by atoms with Crippen LogP contribution in [0.4, 0.5) is 11.4 Å². The molecule has 4 rings (SSSR count). The average molecular weight is 459 g/mol. The van der Waals surface area contributed by atoms with E-state index >= 15 is 0 Å². The molecule has 0 spiro atoms. The highest BCUT2D eigenvalue weighted by molar-refractivity contribution is 6.32. The maximum absolute atomic E-state index is 12.8. The van der Waals surface area contributed by atoms with Crippen molar-refractivity contribution in [2.45, 2.75) is 13.5 Å². The van der Waals surface area contributed by atoms with Gasteiger partial charge in [0, 0.05) is 46.9 Å². The molecule has 0 N–H and O–H groups in total. The Hall–Kier alpha value is -3.43. The summed E-state index contributed by atoms with van der Waals surface area (Å²) in [6.07, 6.45) is 0. The SMILES string of the molecule is Cc1cc2oc(=O)cc(COC(=O)c3cc(N4CCOCC4)ccc3[N+](=O)[O-])c2cc1Cl. The fourth-order valence-electron chi connectivity index (χ4n) is 3.55. The zero-order valence-electron chi connectivity index (χ0n) is 17.1.